The molecule has 6 aromatic rings. The Hall–Kier alpha value is -5.41. The molecule has 0 aliphatic carbocycles. The number of ketones is 1. The van der Waals surface area contributed by atoms with Crippen LogP contribution in [0, 0.1) is 6.92 Å². The largest absolute Gasteiger partial charge is 0.453 e. The number of methoxy groups -OCH3 is 1. The van der Waals surface area contributed by atoms with E-state index >= 15 is 0 Å². The van der Waals surface area contributed by atoms with Gasteiger partial charge in [-0.05, 0) is 60.7 Å². The van der Waals surface area contributed by atoms with Gasteiger partial charge in [0, 0.05) is 54.3 Å². The van der Waals surface area contributed by atoms with E-state index in [1.807, 2.05) is 60.7 Å². The van der Waals surface area contributed by atoms with Crippen LogP contribution in [0.5, 0.6) is 0 Å². The summed E-state index contributed by atoms with van der Waals surface area (Å²) in [6.07, 6.45) is 4.20. The Morgan fingerprint density at radius 1 is 0.926 bits per heavy atom. The number of alkyl carbamates (subject to hydrolysis) is 1. The van der Waals surface area contributed by atoms with Crippen molar-refractivity contribution < 1.29 is 27.9 Å². The molecule has 54 heavy (non-hydrogen) atoms. The summed E-state index contributed by atoms with van der Waals surface area (Å²) in [4.78, 5) is 44.4. The minimum atomic E-state index is -4.15. The number of aryl methyl sites for hydroxylation is 2. The molecule has 0 aliphatic rings. The second kappa shape index (κ2) is 17.6. The van der Waals surface area contributed by atoms with Crippen molar-refractivity contribution in [3.05, 3.63) is 149 Å². The molecule has 0 saturated carbocycles. The molecule has 2 N–H and O–H groups in total. The van der Waals surface area contributed by atoms with Crippen molar-refractivity contribution >= 4 is 43.5 Å². The molecule has 0 unspecified atom stereocenters. The van der Waals surface area contributed by atoms with Crippen molar-refractivity contribution in [3.8, 4) is 0 Å². The van der Waals surface area contributed by atoms with Gasteiger partial charge in [-0.3, -0.25) is 9.78 Å². The standard InChI is InChI=1S/C40H40N6O6S2/c1-27-31(22-41-25-43-27)23-46(54(50,51)33-16-18-35-37(21-33)53-26-44-35)32(24-47)15-17-34-30(14-9-19-42-34)20-36(48)39(45-40(49)52-2)38(28-10-5-3-6-11-28)29-12-7-4-8-13-29/h3-14,16,18-19,21-22,25-26,32,38-39,47H,15,17,20,23-24H2,1-2H3,(H,45,49)/t32-,39+/m0/s1. The zero-order valence-corrected chi connectivity index (χ0v) is 31.4. The molecule has 12 nitrogen and oxygen atoms in total. The molecule has 3 aromatic carbocycles. The van der Waals surface area contributed by atoms with Gasteiger partial charge >= 0.3 is 6.09 Å². The number of fused-ring (bicyclic) bond motifs is 1. The lowest BCUT2D eigenvalue weighted by atomic mass is 9.81. The first kappa shape index (κ1) is 38.3. The number of benzene rings is 3. The fraction of sp³-hybridized carbons (Fsp3) is 0.250. The van der Waals surface area contributed by atoms with Crippen molar-refractivity contribution in [2.24, 2.45) is 0 Å². The van der Waals surface area contributed by atoms with Crippen molar-refractivity contribution in [2.45, 2.75) is 55.6 Å². The predicted molar refractivity (Wildman–Crippen MR) is 205 cm³/mol. The first-order chi connectivity index (χ1) is 26.2. The first-order valence-corrected chi connectivity index (χ1v) is 19.6. The zero-order chi connectivity index (χ0) is 38.1. The first-order valence-electron chi connectivity index (χ1n) is 17.3. The van der Waals surface area contributed by atoms with Gasteiger partial charge in [0.2, 0.25) is 10.0 Å². The Balaban J connectivity index is 1.29. The number of sulfonamides is 1. The summed E-state index contributed by atoms with van der Waals surface area (Å²) in [5.74, 6) is -0.792. The lowest BCUT2D eigenvalue weighted by Gasteiger charge is -2.30. The highest BCUT2D eigenvalue weighted by atomic mass is 32.2. The maximum absolute atomic E-state index is 14.4. The highest BCUT2D eigenvalue weighted by Gasteiger charge is 2.35. The average molecular weight is 765 g/mol. The Bertz CT molecular complexity index is 2270. The van der Waals surface area contributed by atoms with E-state index in [0.29, 0.717) is 28.0 Å². The second-order valence-electron chi connectivity index (χ2n) is 12.7. The summed E-state index contributed by atoms with van der Waals surface area (Å²) in [5.41, 5.74) is 6.43. The maximum Gasteiger partial charge on any atom is 0.407 e. The number of hydrogen-bond donors (Lipinski definition) is 2. The molecule has 0 aliphatic heterocycles. The second-order valence-corrected chi connectivity index (χ2v) is 15.5. The Kier molecular flexibility index (Phi) is 12.5. The van der Waals surface area contributed by atoms with E-state index in [1.165, 1.54) is 35.1 Å². The molecule has 14 heteroatoms. The Morgan fingerprint density at radius 2 is 1.65 bits per heavy atom. The van der Waals surface area contributed by atoms with Gasteiger partial charge in [0.25, 0.3) is 0 Å². The fourth-order valence-electron chi connectivity index (χ4n) is 6.50. The summed E-state index contributed by atoms with van der Waals surface area (Å²) in [7, 11) is -2.90. The third-order valence-corrected chi connectivity index (χ3v) is 12.1. The third-order valence-electron chi connectivity index (χ3n) is 9.39. The minimum Gasteiger partial charge on any atom is -0.453 e. The maximum atomic E-state index is 14.4. The summed E-state index contributed by atoms with van der Waals surface area (Å²) in [6.45, 7) is 1.23. The number of nitrogens with one attached hydrogen (secondary N) is 1. The number of thiazole rings is 1. The monoisotopic (exact) mass is 764 g/mol. The number of amides is 1. The van der Waals surface area contributed by atoms with Gasteiger partial charge in [-0.2, -0.15) is 4.31 Å². The lowest BCUT2D eigenvalue weighted by Crippen LogP contribution is -2.46. The van der Waals surface area contributed by atoms with E-state index in [2.05, 4.69) is 25.3 Å². The molecule has 0 fully saturated rings. The summed E-state index contributed by atoms with van der Waals surface area (Å²) in [5, 5.41) is 13.6. The number of nitrogens with zero attached hydrogens (tertiary/aromatic N) is 5. The number of pyridine rings is 1. The van der Waals surface area contributed by atoms with Crippen LogP contribution >= 0.6 is 11.3 Å². The van der Waals surface area contributed by atoms with Gasteiger partial charge in [0.05, 0.1) is 34.3 Å². The molecular weight excluding hydrogens is 725 g/mol. The predicted octanol–water partition coefficient (Wildman–Crippen LogP) is 5.64. The quantitative estimate of drug-likeness (QED) is 0.126. The molecule has 0 radical (unpaired) electrons. The average Bonchev–Trinajstić information content (AvgIpc) is 3.68. The van der Waals surface area contributed by atoms with Crippen LogP contribution < -0.4 is 5.32 Å². The summed E-state index contributed by atoms with van der Waals surface area (Å²) in [6, 6.07) is 25.4. The molecular formula is C40H40N6O6S2. The molecule has 0 saturated heterocycles. The normalized spacial score (nSPS) is 12.8. The number of carbonyl (C=O) groups excluding carboxylic acids is 2. The fourth-order valence-corrected chi connectivity index (χ4v) is 8.94. The number of carbonyl (C=O) groups is 2. The van der Waals surface area contributed by atoms with Crippen LogP contribution in [-0.2, 0) is 38.9 Å². The van der Waals surface area contributed by atoms with E-state index < -0.39 is 40.7 Å². The number of aliphatic hydroxyl groups excluding tert-OH is 1. The van der Waals surface area contributed by atoms with E-state index in [9.17, 15) is 23.1 Å². The van der Waals surface area contributed by atoms with Gasteiger partial charge in [-0.15, -0.1) is 11.3 Å². The number of rotatable bonds is 16. The number of ether oxygens (including phenoxy) is 1. The molecule has 3 heterocycles. The van der Waals surface area contributed by atoms with Crippen molar-refractivity contribution in [3.63, 3.8) is 0 Å². The topological polar surface area (TPSA) is 165 Å². The van der Waals surface area contributed by atoms with Gasteiger partial charge in [-0.25, -0.2) is 28.2 Å². The van der Waals surface area contributed by atoms with Crippen LogP contribution in [0.4, 0.5) is 4.79 Å². The molecule has 0 bridgehead atoms. The molecule has 6 rings (SSSR count). The van der Waals surface area contributed by atoms with E-state index in [1.54, 1.807) is 49.1 Å². The molecule has 3 aromatic heterocycles. The van der Waals surface area contributed by atoms with Gasteiger partial charge < -0.3 is 15.2 Å². The summed E-state index contributed by atoms with van der Waals surface area (Å²) < 4.78 is 35.7. The summed E-state index contributed by atoms with van der Waals surface area (Å²) >= 11 is 1.34. The highest BCUT2D eigenvalue weighted by Crippen LogP contribution is 2.31. The van der Waals surface area contributed by atoms with Gasteiger partial charge in [0.15, 0.2) is 5.78 Å². The minimum absolute atomic E-state index is 0.0737. The zero-order valence-electron chi connectivity index (χ0n) is 29.8. The van der Waals surface area contributed by atoms with Crippen LogP contribution in [-0.4, -0.2) is 75.4 Å². The van der Waals surface area contributed by atoms with Gasteiger partial charge in [0.1, 0.15) is 12.4 Å². The number of Topliss-reactive ketones (excluding diaryl/α,β-unsaturated/α-hetero) is 1. The Morgan fingerprint density at radius 3 is 2.31 bits per heavy atom. The van der Waals surface area contributed by atoms with Crippen molar-refractivity contribution in [1.82, 2.24) is 29.6 Å². The van der Waals surface area contributed by atoms with Crippen LogP contribution in [0.1, 0.15) is 46.0 Å². The van der Waals surface area contributed by atoms with Crippen LogP contribution in [0.3, 0.4) is 0 Å². The lowest BCUT2D eigenvalue weighted by molar-refractivity contribution is -0.120. The van der Waals surface area contributed by atoms with Crippen LogP contribution in [0.2, 0.25) is 0 Å². The molecule has 278 valence electrons. The highest BCUT2D eigenvalue weighted by molar-refractivity contribution is 7.89. The SMILES string of the molecule is COC(=O)N[C@H](C(=O)Cc1cccnc1CC[C@@H](CO)N(Cc1cncnc1C)S(=O)(=O)c1ccc2ncsc2c1)C(c1ccccc1)c1ccccc1. The smallest absolute Gasteiger partial charge is 0.407 e. The third kappa shape index (κ3) is 8.85. The van der Waals surface area contributed by atoms with E-state index in [-0.39, 0.29) is 36.5 Å². The molecule has 1 amide bonds. The van der Waals surface area contributed by atoms with Crippen LogP contribution in [0.15, 0.2) is 120 Å². The number of hydrogen-bond acceptors (Lipinski definition) is 11. The molecule has 0 spiro atoms. The van der Waals surface area contributed by atoms with E-state index in [0.717, 1.165) is 15.8 Å². The van der Waals surface area contributed by atoms with Gasteiger partial charge in [-0.1, -0.05) is 66.7 Å². The Labute approximate surface area is 318 Å². The van der Waals surface area contributed by atoms with Crippen molar-refractivity contribution in [2.75, 3.05) is 13.7 Å². The molecule has 2 atom stereocenters. The number of aliphatic hydroxyl groups is 1. The number of aromatic nitrogens is 4. The van der Waals surface area contributed by atoms with Crippen LogP contribution in [0.25, 0.3) is 10.2 Å². The van der Waals surface area contributed by atoms with Crippen molar-refractivity contribution in [1.29, 1.82) is 0 Å². The van der Waals surface area contributed by atoms with E-state index in [4.69, 9.17) is 4.74 Å².